The van der Waals surface area contributed by atoms with Gasteiger partial charge in [-0.3, -0.25) is 4.98 Å². The molecule has 0 amide bonds. The zero-order valence-corrected chi connectivity index (χ0v) is 20.6. The highest BCUT2D eigenvalue weighted by Gasteiger charge is 2.44. The lowest BCUT2D eigenvalue weighted by Gasteiger charge is -2.33. The molecule has 2 aromatic heterocycles. The Bertz CT molecular complexity index is 1350. The van der Waals surface area contributed by atoms with Crippen LogP contribution < -0.4 is 5.32 Å². The maximum Gasteiger partial charge on any atom is 0.170 e. The Morgan fingerprint density at radius 2 is 1.71 bits per heavy atom. The Labute approximate surface area is 206 Å². The van der Waals surface area contributed by atoms with Gasteiger partial charge in [-0.15, -0.1) is 0 Å². The monoisotopic (exact) mass is 466 g/mol. The standard InChI is InChI=1S/C29H30N4S/c1-19-18-24(20(2)32(19)26-16-9-11-21-10-3-6-14-23(21)26)28-27(25-15-7-8-17-30-25)31-29(34)33(28)22-12-4-5-13-22/h3,6-11,14-18,22,27-28H,4-5,12-13H2,1-2H3,(H,31,34)/t27-,28+/m0/s1. The van der Waals surface area contributed by atoms with Crippen molar-refractivity contribution in [1.82, 2.24) is 19.8 Å². The van der Waals surface area contributed by atoms with Crippen LogP contribution in [0.15, 0.2) is 72.9 Å². The van der Waals surface area contributed by atoms with Gasteiger partial charge in [0.15, 0.2) is 5.11 Å². The van der Waals surface area contributed by atoms with Gasteiger partial charge in [-0.1, -0.05) is 55.3 Å². The molecule has 2 aromatic carbocycles. The number of benzene rings is 2. The van der Waals surface area contributed by atoms with Crippen molar-refractivity contribution < 1.29 is 0 Å². The summed E-state index contributed by atoms with van der Waals surface area (Å²) in [6.45, 7) is 4.47. The molecule has 1 saturated carbocycles. The molecule has 1 aliphatic carbocycles. The molecule has 0 bridgehead atoms. The van der Waals surface area contributed by atoms with Crippen molar-refractivity contribution in [2.24, 2.45) is 0 Å². The highest BCUT2D eigenvalue weighted by molar-refractivity contribution is 7.80. The first kappa shape index (κ1) is 21.4. The maximum absolute atomic E-state index is 5.95. The van der Waals surface area contributed by atoms with Crippen molar-refractivity contribution in [2.45, 2.75) is 57.7 Å². The van der Waals surface area contributed by atoms with Crippen LogP contribution in [0, 0.1) is 13.8 Å². The third-order valence-electron chi connectivity index (χ3n) is 7.65. The number of rotatable bonds is 4. The molecular weight excluding hydrogens is 436 g/mol. The van der Waals surface area contributed by atoms with Crippen LogP contribution in [0.5, 0.6) is 0 Å². The summed E-state index contributed by atoms with van der Waals surface area (Å²) in [7, 11) is 0. The predicted molar refractivity (Wildman–Crippen MR) is 142 cm³/mol. The normalized spacial score (nSPS) is 20.9. The Hall–Kier alpha value is -3.18. The summed E-state index contributed by atoms with van der Waals surface area (Å²) in [5.41, 5.74) is 6.13. The fourth-order valence-corrected chi connectivity index (χ4v) is 6.52. The lowest BCUT2D eigenvalue weighted by atomic mass is 9.95. The molecule has 3 heterocycles. The summed E-state index contributed by atoms with van der Waals surface area (Å²) >= 11 is 5.95. The van der Waals surface area contributed by atoms with E-state index in [1.54, 1.807) is 0 Å². The lowest BCUT2D eigenvalue weighted by Crippen LogP contribution is -2.37. The first-order chi connectivity index (χ1) is 16.6. The maximum atomic E-state index is 5.95. The van der Waals surface area contributed by atoms with Crippen LogP contribution in [0.25, 0.3) is 16.5 Å². The number of nitrogens with one attached hydrogen (secondary N) is 1. The highest BCUT2D eigenvalue weighted by Crippen LogP contribution is 2.45. The van der Waals surface area contributed by atoms with E-state index in [9.17, 15) is 0 Å². The summed E-state index contributed by atoms with van der Waals surface area (Å²) in [5.74, 6) is 0. The summed E-state index contributed by atoms with van der Waals surface area (Å²) in [6.07, 6.45) is 6.85. The minimum atomic E-state index is 0.0377. The lowest BCUT2D eigenvalue weighted by molar-refractivity contribution is 0.245. The number of fused-ring (bicyclic) bond motifs is 1. The van der Waals surface area contributed by atoms with Gasteiger partial charge >= 0.3 is 0 Å². The Morgan fingerprint density at radius 1 is 0.941 bits per heavy atom. The van der Waals surface area contributed by atoms with E-state index < -0.39 is 0 Å². The molecule has 0 radical (unpaired) electrons. The van der Waals surface area contributed by atoms with Gasteiger partial charge in [0.2, 0.25) is 0 Å². The smallest absolute Gasteiger partial charge is 0.170 e. The number of thiocarbonyl (C=S) groups is 1. The van der Waals surface area contributed by atoms with E-state index in [0.717, 1.165) is 10.8 Å². The summed E-state index contributed by atoms with van der Waals surface area (Å²) in [5, 5.41) is 7.05. The zero-order valence-electron chi connectivity index (χ0n) is 19.7. The zero-order chi connectivity index (χ0) is 23.2. The van der Waals surface area contributed by atoms with E-state index in [2.05, 4.69) is 89.3 Å². The minimum absolute atomic E-state index is 0.0377. The average molecular weight is 467 g/mol. The molecule has 2 fully saturated rings. The minimum Gasteiger partial charge on any atom is -0.352 e. The first-order valence-electron chi connectivity index (χ1n) is 12.3. The second-order valence-corrected chi connectivity index (χ2v) is 10.0. The van der Waals surface area contributed by atoms with Gasteiger partial charge in [-0.2, -0.15) is 0 Å². The quantitative estimate of drug-likeness (QED) is 0.345. The number of hydrogen-bond acceptors (Lipinski definition) is 2. The molecule has 0 spiro atoms. The number of pyridine rings is 1. The molecule has 2 atom stereocenters. The van der Waals surface area contributed by atoms with E-state index in [1.807, 2.05) is 12.3 Å². The fraction of sp³-hybridized carbons (Fsp3) is 0.310. The third kappa shape index (κ3) is 3.41. The molecule has 1 N–H and O–H groups in total. The fourth-order valence-electron chi connectivity index (χ4n) is 6.13. The Morgan fingerprint density at radius 3 is 2.50 bits per heavy atom. The van der Waals surface area contributed by atoms with E-state index in [-0.39, 0.29) is 12.1 Å². The number of nitrogens with zero attached hydrogens (tertiary/aromatic N) is 3. The number of hydrogen-bond donors (Lipinski definition) is 1. The van der Waals surface area contributed by atoms with Crippen molar-refractivity contribution >= 4 is 28.1 Å². The van der Waals surface area contributed by atoms with Crippen LogP contribution >= 0.6 is 12.2 Å². The van der Waals surface area contributed by atoms with E-state index in [0.29, 0.717) is 6.04 Å². The molecular formula is C29H30N4S. The Balaban J connectivity index is 1.52. The van der Waals surface area contributed by atoms with Crippen molar-refractivity contribution in [2.75, 3.05) is 0 Å². The summed E-state index contributed by atoms with van der Waals surface area (Å²) in [4.78, 5) is 7.23. The topological polar surface area (TPSA) is 33.1 Å². The molecule has 34 heavy (non-hydrogen) atoms. The summed E-state index contributed by atoms with van der Waals surface area (Å²) in [6, 6.07) is 24.4. The Kier molecular flexibility index (Phi) is 5.37. The van der Waals surface area contributed by atoms with Crippen LogP contribution in [-0.4, -0.2) is 25.6 Å². The molecule has 4 aromatic rings. The second kappa shape index (κ2) is 8.55. The van der Waals surface area contributed by atoms with Gasteiger partial charge < -0.3 is 14.8 Å². The van der Waals surface area contributed by atoms with E-state index in [4.69, 9.17) is 17.2 Å². The van der Waals surface area contributed by atoms with Gasteiger partial charge in [-0.25, -0.2) is 0 Å². The van der Waals surface area contributed by atoms with Crippen molar-refractivity contribution in [3.05, 3.63) is 95.6 Å². The van der Waals surface area contributed by atoms with Gasteiger partial charge in [0.1, 0.15) is 0 Å². The largest absolute Gasteiger partial charge is 0.352 e. The van der Waals surface area contributed by atoms with Gasteiger partial charge in [-0.05, 0) is 74.1 Å². The number of aryl methyl sites for hydroxylation is 1. The molecule has 0 unspecified atom stereocenters. The molecule has 1 aliphatic heterocycles. The van der Waals surface area contributed by atoms with Crippen molar-refractivity contribution in [3.63, 3.8) is 0 Å². The molecule has 2 aliphatic rings. The van der Waals surface area contributed by atoms with Crippen LogP contribution in [0.1, 0.15) is 60.4 Å². The van der Waals surface area contributed by atoms with E-state index in [1.165, 1.54) is 59.1 Å². The molecule has 172 valence electrons. The van der Waals surface area contributed by atoms with Gasteiger partial charge in [0.05, 0.1) is 23.5 Å². The van der Waals surface area contributed by atoms with Crippen LogP contribution in [-0.2, 0) is 0 Å². The van der Waals surface area contributed by atoms with Gasteiger partial charge in [0.25, 0.3) is 0 Å². The molecule has 5 heteroatoms. The summed E-state index contributed by atoms with van der Waals surface area (Å²) < 4.78 is 2.42. The highest BCUT2D eigenvalue weighted by atomic mass is 32.1. The van der Waals surface area contributed by atoms with Crippen molar-refractivity contribution in [1.29, 1.82) is 0 Å². The van der Waals surface area contributed by atoms with E-state index >= 15 is 0 Å². The predicted octanol–water partition coefficient (Wildman–Crippen LogP) is 6.56. The SMILES string of the molecule is Cc1cc([C@@H]2[C@H](c3ccccn3)NC(=S)N2C2CCCC2)c(C)n1-c1cccc2ccccc12. The van der Waals surface area contributed by atoms with Crippen molar-refractivity contribution in [3.8, 4) is 5.69 Å². The van der Waals surface area contributed by atoms with Crippen LogP contribution in [0.4, 0.5) is 0 Å². The molecule has 6 rings (SSSR count). The third-order valence-corrected chi connectivity index (χ3v) is 7.98. The average Bonchev–Trinajstić information content (AvgIpc) is 3.57. The van der Waals surface area contributed by atoms with Gasteiger partial charge in [0, 0.05) is 29.0 Å². The second-order valence-electron chi connectivity index (χ2n) is 9.63. The molecule has 4 nitrogen and oxygen atoms in total. The van der Waals surface area contributed by atoms with Crippen LogP contribution in [0.3, 0.4) is 0 Å². The first-order valence-corrected chi connectivity index (χ1v) is 12.7. The molecule has 1 saturated heterocycles. The number of aromatic nitrogens is 2. The van der Waals surface area contributed by atoms with Crippen LogP contribution in [0.2, 0.25) is 0 Å².